The summed E-state index contributed by atoms with van der Waals surface area (Å²) < 4.78 is 22.5. The monoisotopic (exact) mass is 383 g/mol. The van der Waals surface area contributed by atoms with Crippen molar-refractivity contribution in [1.82, 2.24) is 5.32 Å². The molecular formula is C11H18IN3O2S. The fourth-order valence-corrected chi connectivity index (χ4v) is 1.95. The standard InChI is InChI=1S/C11H17N3O2S.HI/c1-13-11(12)14-8-7-9-3-5-10(6-4-9)17(2,15)16;/h3-6H,7-8H2,1-2H3,(H3,12,13,14);1H. The Morgan fingerprint density at radius 2 is 1.89 bits per heavy atom. The van der Waals surface area contributed by atoms with Gasteiger partial charge in [0.05, 0.1) is 4.90 Å². The van der Waals surface area contributed by atoms with Crippen molar-refractivity contribution in [1.29, 1.82) is 0 Å². The van der Waals surface area contributed by atoms with Crippen LogP contribution in [0.5, 0.6) is 0 Å². The maximum absolute atomic E-state index is 11.2. The molecule has 3 N–H and O–H groups in total. The zero-order chi connectivity index (χ0) is 12.9. The van der Waals surface area contributed by atoms with Crippen LogP contribution in [-0.4, -0.2) is 34.2 Å². The first-order chi connectivity index (χ1) is 7.93. The second-order valence-corrected chi connectivity index (χ2v) is 5.72. The van der Waals surface area contributed by atoms with Crippen LogP contribution in [0.25, 0.3) is 0 Å². The van der Waals surface area contributed by atoms with Crippen molar-refractivity contribution in [3.8, 4) is 0 Å². The fraction of sp³-hybridized carbons (Fsp3) is 0.364. The molecule has 0 spiro atoms. The van der Waals surface area contributed by atoms with E-state index < -0.39 is 9.84 Å². The number of aliphatic imine (C=N–C) groups is 1. The third-order valence-electron chi connectivity index (χ3n) is 2.31. The highest BCUT2D eigenvalue weighted by Gasteiger charge is 2.05. The summed E-state index contributed by atoms with van der Waals surface area (Å²) in [5.41, 5.74) is 6.53. The average Bonchev–Trinajstić information content (AvgIpc) is 2.28. The molecule has 0 aromatic heterocycles. The molecule has 0 aliphatic carbocycles. The molecule has 102 valence electrons. The molecule has 0 saturated carbocycles. The lowest BCUT2D eigenvalue weighted by molar-refractivity contribution is 0.602. The van der Waals surface area contributed by atoms with Crippen molar-refractivity contribution in [2.45, 2.75) is 11.3 Å². The first-order valence-electron chi connectivity index (χ1n) is 5.18. The number of nitrogens with zero attached hydrogens (tertiary/aromatic N) is 1. The summed E-state index contributed by atoms with van der Waals surface area (Å²) in [6, 6.07) is 6.83. The van der Waals surface area contributed by atoms with Crippen molar-refractivity contribution in [3.63, 3.8) is 0 Å². The van der Waals surface area contributed by atoms with Crippen LogP contribution < -0.4 is 11.1 Å². The molecule has 7 heteroatoms. The summed E-state index contributed by atoms with van der Waals surface area (Å²) >= 11 is 0. The van der Waals surface area contributed by atoms with Crippen molar-refractivity contribution < 1.29 is 8.42 Å². The largest absolute Gasteiger partial charge is 0.370 e. The molecule has 0 amide bonds. The smallest absolute Gasteiger partial charge is 0.188 e. The summed E-state index contributed by atoms with van der Waals surface area (Å²) in [5.74, 6) is 0.401. The molecule has 0 aliphatic rings. The Morgan fingerprint density at radius 3 is 2.33 bits per heavy atom. The lowest BCUT2D eigenvalue weighted by Crippen LogP contribution is -2.32. The minimum Gasteiger partial charge on any atom is -0.370 e. The van der Waals surface area contributed by atoms with Crippen LogP contribution in [0.4, 0.5) is 0 Å². The van der Waals surface area contributed by atoms with E-state index in [1.54, 1.807) is 31.3 Å². The highest BCUT2D eigenvalue weighted by Crippen LogP contribution is 2.10. The summed E-state index contributed by atoms with van der Waals surface area (Å²) in [4.78, 5) is 4.11. The van der Waals surface area contributed by atoms with Crippen LogP contribution >= 0.6 is 24.0 Å². The topological polar surface area (TPSA) is 84.5 Å². The van der Waals surface area contributed by atoms with E-state index in [2.05, 4.69) is 10.3 Å². The van der Waals surface area contributed by atoms with E-state index in [1.165, 1.54) is 6.26 Å². The van der Waals surface area contributed by atoms with Crippen LogP contribution in [-0.2, 0) is 16.3 Å². The van der Waals surface area contributed by atoms with E-state index in [0.29, 0.717) is 17.4 Å². The number of hydrogen-bond acceptors (Lipinski definition) is 3. The number of sulfone groups is 1. The number of nitrogens with one attached hydrogen (secondary N) is 1. The molecule has 0 heterocycles. The first-order valence-corrected chi connectivity index (χ1v) is 7.08. The van der Waals surface area contributed by atoms with Gasteiger partial charge in [-0.25, -0.2) is 8.42 Å². The molecule has 5 nitrogen and oxygen atoms in total. The predicted octanol–water partition coefficient (Wildman–Crippen LogP) is 0.785. The van der Waals surface area contributed by atoms with E-state index in [-0.39, 0.29) is 24.0 Å². The molecule has 0 radical (unpaired) electrons. The lowest BCUT2D eigenvalue weighted by atomic mass is 10.1. The van der Waals surface area contributed by atoms with Gasteiger partial charge in [0.15, 0.2) is 15.8 Å². The predicted molar refractivity (Wildman–Crippen MR) is 84.2 cm³/mol. The minimum absolute atomic E-state index is 0. The summed E-state index contributed by atoms with van der Waals surface area (Å²) in [5, 5.41) is 2.94. The summed E-state index contributed by atoms with van der Waals surface area (Å²) in [6.45, 7) is 0.668. The molecule has 0 bridgehead atoms. The number of halogens is 1. The van der Waals surface area contributed by atoms with Gasteiger partial charge in [-0.2, -0.15) is 0 Å². The van der Waals surface area contributed by atoms with E-state index in [0.717, 1.165) is 12.0 Å². The third kappa shape index (κ3) is 5.67. The molecule has 18 heavy (non-hydrogen) atoms. The van der Waals surface area contributed by atoms with Gasteiger partial charge < -0.3 is 11.1 Å². The van der Waals surface area contributed by atoms with Gasteiger partial charge in [0.25, 0.3) is 0 Å². The van der Waals surface area contributed by atoms with Gasteiger partial charge in [0.2, 0.25) is 0 Å². The number of benzene rings is 1. The van der Waals surface area contributed by atoms with Gasteiger partial charge in [-0.15, -0.1) is 24.0 Å². The Morgan fingerprint density at radius 1 is 1.33 bits per heavy atom. The summed E-state index contributed by atoms with van der Waals surface area (Å²) in [6.07, 6.45) is 1.96. The second kappa shape index (κ2) is 7.57. The zero-order valence-electron chi connectivity index (χ0n) is 10.4. The first kappa shape index (κ1) is 17.2. The van der Waals surface area contributed by atoms with Crippen LogP contribution in [0.3, 0.4) is 0 Å². The summed E-state index contributed by atoms with van der Waals surface area (Å²) in [7, 11) is -1.50. The molecule has 1 aromatic carbocycles. The Kier molecular flexibility index (Phi) is 7.22. The zero-order valence-corrected chi connectivity index (χ0v) is 13.5. The van der Waals surface area contributed by atoms with Gasteiger partial charge in [0.1, 0.15) is 0 Å². The van der Waals surface area contributed by atoms with Gasteiger partial charge >= 0.3 is 0 Å². The molecule has 1 aromatic rings. The third-order valence-corrected chi connectivity index (χ3v) is 3.44. The molecule has 0 aliphatic heterocycles. The Hall–Kier alpha value is -0.830. The maximum atomic E-state index is 11.2. The van der Waals surface area contributed by atoms with Gasteiger partial charge in [-0.3, -0.25) is 4.99 Å². The van der Waals surface area contributed by atoms with E-state index in [9.17, 15) is 8.42 Å². The van der Waals surface area contributed by atoms with Gasteiger partial charge in [0, 0.05) is 19.8 Å². The van der Waals surface area contributed by atoms with E-state index >= 15 is 0 Å². The highest BCUT2D eigenvalue weighted by atomic mass is 127. The van der Waals surface area contributed by atoms with Gasteiger partial charge in [-0.1, -0.05) is 12.1 Å². The number of hydrogen-bond donors (Lipinski definition) is 2. The molecule has 0 fully saturated rings. The number of rotatable bonds is 4. The maximum Gasteiger partial charge on any atom is 0.188 e. The van der Waals surface area contributed by atoms with Crippen molar-refractivity contribution in [2.75, 3.05) is 19.8 Å². The van der Waals surface area contributed by atoms with Crippen LogP contribution in [0.15, 0.2) is 34.2 Å². The number of nitrogens with two attached hydrogens (primary N) is 1. The Labute approximate surface area is 125 Å². The highest BCUT2D eigenvalue weighted by molar-refractivity contribution is 14.0. The van der Waals surface area contributed by atoms with Crippen molar-refractivity contribution >= 4 is 39.8 Å². The van der Waals surface area contributed by atoms with E-state index in [1.807, 2.05) is 0 Å². The Bertz CT molecular complexity index is 498. The molecule has 1 rings (SSSR count). The Balaban J connectivity index is 0.00000289. The van der Waals surface area contributed by atoms with Crippen molar-refractivity contribution in [3.05, 3.63) is 29.8 Å². The minimum atomic E-state index is -3.11. The quantitative estimate of drug-likeness (QED) is 0.457. The van der Waals surface area contributed by atoms with E-state index in [4.69, 9.17) is 5.73 Å². The fourth-order valence-electron chi connectivity index (χ4n) is 1.32. The number of guanidine groups is 1. The normalized spacial score (nSPS) is 11.8. The molecule has 0 saturated heterocycles. The van der Waals surface area contributed by atoms with Gasteiger partial charge in [-0.05, 0) is 24.1 Å². The average molecular weight is 383 g/mol. The lowest BCUT2D eigenvalue weighted by Gasteiger charge is -2.05. The van der Waals surface area contributed by atoms with Crippen LogP contribution in [0.1, 0.15) is 5.56 Å². The van der Waals surface area contributed by atoms with Crippen molar-refractivity contribution in [2.24, 2.45) is 10.7 Å². The molecule has 0 unspecified atom stereocenters. The SMILES string of the molecule is CN=C(N)NCCc1ccc(S(C)(=O)=O)cc1.I. The molecular weight excluding hydrogens is 365 g/mol. The van der Waals surface area contributed by atoms with Crippen LogP contribution in [0, 0.1) is 0 Å². The molecule has 0 atom stereocenters. The second-order valence-electron chi connectivity index (χ2n) is 3.70. The van der Waals surface area contributed by atoms with Crippen LogP contribution in [0.2, 0.25) is 0 Å².